The minimum Gasteiger partial charge on any atom is -0.318 e. The van der Waals surface area contributed by atoms with Crippen molar-refractivity contribution in [3.63, 3.8) is 0 Å². The van der Waals surface area contributed by atoms with Crippen LogP contribution in [0.3, 0.4) is 0 Å². The van der Waals surface area contributed by atoms with Gasteiger partial charge in [0.05, 0.1) is 29.0 Å². The van der Waals surface area contributed by atoms with Gasteiger partial charge in [-0.2, -0.15) is 10.2 Å². The summed E-state index contributed by atoms with van der Waals surface area (Å²) in [7, 11) is 1.64. The molecule has 2 N–H and O–H groups in total. The van der Waals surface area contributed by atoms with Gasteiger partial charge in [-0.3, -0.25) is 19.0 Å². The number of anilines is 2. The van der Waals surface area contributed by atoms with E-state index in [0.717, 1.165) is 5.56 Å². The maximum Gasteiger partial charge on any atom is 0.276 e. The number of rotatable bonds is 6. The Morgan fingerprint density at radius 3 is 2.53 bits per heavy atom. The molecule has 8 nitrogen and oxygen atoms in total. The number of carbonyl (C=O) groups is 2. The second kappa shape index (κ2) is 9.07. The molecule has 0 bridgehead atoms. The fraction of sp³-hybridized carbons (Fsp3) is 0.130. The molecule has 2 heterocycles. The minimum atomic E-state index is -0.409. The van der Waals surface area contributed by atoms with Crippen LogP contribution < -0.4 is 10.6 Å². The molecule has 2 aromatic carbocycles. The maximum atomic E-state index is 12.6. The highest BCUT2D eigenvalue weighted by molar-refractivity contribution is 6.34. The van der Waals surface area contributed by atoms with Crippen LogP contribution in [-0.4, -0.2) is 31.4 Å². The molecule has 0 radical (unpaired) electrons. The molecule has 4 aromatic rings. The van der Waals surface area contributed by atoms with Gasteiger partial charge in [0, 0.05) is 19.3 Å². The van der Waals surface area contributed by atoms with Gasteiger partial charge in [0.15, 0.2) is 5.69 Å². The van der Waals surface area contributed by atoms with Crippen LogP contribution in [0.2, 0.25) is 5.02 Å². The Morgan fingerprint density at radius 1 is 1.03 bits per heavy atom. The van der Waals surface area contributed by atoms with Crippen LogP contribution in [0.4, 0.5) is 11.5 Å². The van der Waals surface area contributed by atoms with E-state index in [4.69, 9.17) is 11.6 Å². The number of nitrogens with one attached hydrogen (secondary N) is 2. The van der Waals surface area contributed by atoms with Gasteiger partial charge < -0.3 is 10.6 Å². The largest absolute Gasteiger partial charge is 0.318 e. The first kappa shape index (κ1) is 21.3. The van der Waals surface area contributed by atoms with Crippen molar-refractivity contribution in [3.8, 4) is 0 Å². The van der Waals surface area contributed by atoms with Crippen LogP contribution in [0.25, 0.3) is 0 Å². The van der Waals surface area contributed by atoms with Gasteiger partial charge in [-0.1, -0.05) is 53.6 Å². The zero-order valence-electron chi connectivity index (χ0n) is 17.5. The Labute approximate surface area is 189 Å². The first-order chi connectivity index (χ1) is 15.4. The van der Waals surface area contributed by atoms with E-state index in [9.17, 15) is 9.59 Å². The predicted molar refractivity (Wildman–Crippen MR) is 123 cm³/mol. The van der Waals surface area contributed by atoms with Crippen molar-refractivity contribution in [2.75, 3.05) is 10.6 Å². The molecule has 2 amide bonds. The van der Waals surface area contributed by atoms with Crippen LogP contribution >= 0.6 is 11.6 Å². The topological polar surface area (TPSA) is 93.8 Å². The molecular formula is C23H21ClN6O2. The Bertz CT molecular complexity index is 1280. The molecular weight excluding hydrogens is 428 g/mol. The van der Waals surface area contributed by atoms with Crippen molar-refractivity contribution in [1.29, 1.82) is 0 Å². The summed E-state index contributed by atoms with van der Waals surface area (Å²) in [4.78, 5) is 25.1. The summed E-state index contributed by atoms with van der Waals surface area (Å²) >= 11 is 6.08. The highest BCUT2D eigenvalue weighted by atomic mass is 35.5. The second-order valence-corrected chi connectivity index (χ2v) is 7.75. The van der Waals surface area contributed by atoms with Crippen LogP contribution in [0.1, 0.15) is 32.0 Å². The molecule has 162 valence electrons. The van der Waals surface area contributed by atoms with E-state index in [1.165, 1.54) is 16.3 Å². The molecule has 0 spiro atoms. The monoisotopic (exact) mass is 448 g/mol. The molecule has 0 saturated heterocycles. The molecule has 32 heavy (non-hydrogen) atoms. The number of nitrogens with zero attached hydrogens (tertiary/aromatic N) is 4. The van der Waals surface area contributed by atoms with E-state index >= 15 is 0 Å². The number of hydrogen-bond acceptors (Lipinski definition) is 4. The van der Waals surface area contributed by atoms with Crippen molar-refractivity contribution >= 4 is 34.9 Å². The average Bonchev–Trinajstić information content (AvgIpc) is 3.36. The molecule has 0 saturated carbocycles. The van der Waals surface area contributed by atoms with Gasteiger partial charge in [0.2, 0.25) is 0 Å². The normalized spacial score (nSPS) is 10.7. The van der Waals surface area contributed by atoms with Crippen molar-refractivity contribution in [1.82, 2.24) is 19.6 Å². The number of halogens is 1. The predicted octanol–water partition coefficient (Wildman–Crippen LogP) is 4.13. The third-order valence-electron chi connectivity index (χ3n) is 4.83. The Morgan fingerprint density at radius 2 is 1.78 bits per heavy atom. The lowest BCUT2D eigenvalue weighted by Crippen LogP contribution is -2.14. The molecule has 0 aliphatic rings. The van der Waals surface area contributed by atoms with E-state index < -0.39 is 5.91 Å². The summed E-state index contributed by atoms with van der Waals surface area (Å²) in [5.74, 6) is -0.424. The first-order valence-electron chi connectivity index (χ1n) is 9.88. The van der Waals surface area contributed by atoms with Crippen LogP contribution in [-0.2, 0) is 13.6 Å². The number of carbonyl (C=O) groups excluding carboxylic acids is 2. The highest BCUT2D eigenvalue weighted by Crippen LogP contribution is 2.18. The third-order valence-corrected chi connectivity index (χ3v) is 5.16. The van der Waals surface area contributed by atoms with Gasteiger partial charge in [-0.15, -0.1) is 0 Å². The fourth-order valence-corrected chi connectivity index (χ4v) is 3.34. The van der Waals surface area contributed by atoms with E-state index in [1.807, 2.05) is 31.2 Å². The number of amides is 2. The summed E-state index contributed by atoms with van der Waals surface area (Å²) < 4.78 is 3.17. The van der Waals surface area contributed by atoms with Gasteiger partial charge in [-0.05, 0) is 24.6 Å². The SMILES string of the molecule is Cc1ccc(Cn2cc(NC(=O)c3cc(NC(=O)c4ccccc4Cl)n(C)n3)cn2)cc1. The van der Waals surface area contributed by atoms with Crippen molar-refractivity contribution in [3.05, 3.63) is 94.4 Å². The molecule has 4 rings (SSSR count). The molecule has 2 aromatic heterocycles. The maximum absolute atomic E-state index is 12.6. The van der Waals surface area contributed by atoms with Crippen LogP contribution in [0, 0.1) is 6.92 Å². The average molecular weight is 449 g/mol. The summed E-state index contributed by atoms with van der Waals surface area (Å²) in [5, 5.41) is 14.3. The first-order valence-corrected chi connectivity index (χ1v) is 10.3. The number of aromatic nitrogens is 4. The van der Waals surface area contributed by atoms with E-state index in [0.29, 0.717) is 28.6 Å². The quantitative estimate of drug-likeness (QED) is 0.463. The summed E-state index contributed by atoms with van der Waals surface area (Å²) in [6, 6.07) is 16.4. The Hall–Kier alpha value is -3.91. The summed E-state index contributed by atoms with van der Waals surface area (Å²) in [6.07, 6.45) is 3.33. The van der Waals surface area contributed by atoms with Crippen molar-refractivity contribution < 1.29 is 9.59 Å². The van der Waals surface area contributed by atoms with Gasteiger partial charge in [0.1, 0.15) is 5.82 Å². The van der Waals surface area contributed by atoms with Crippen LogP contribution in [0.5, 0.6) is 0 Å². The molecule has 0 aliphatic heterocycles. The lowest BCUT2D eigenvalue weighted by Gasteiger charge is -2.06. The lowest BCUT2D eigenvalue weighted by molar-refractivity contribution is 0.101. The molecule has 0 fully saturated rings. The minimum absolute atomic E-state index is 0.160. The van der Waals surface area contributed by atoms with Crippen LogP contribution in [0.15, 0.2) is 67.0 Å². The van der Waals surface area contributed by atoms with Gasteiger partial charge >= 0.3 is 0 Å². The van der Waals surface area contributed by atoms with Gasteiger partial charge in [-0.25, -0.2) is 0 Å². The van der Waals surface area contributed by atoms with Crippen molar-refractivity contribution in [2.45, 2.75) is 13.5 Å². The number of hydrogen-bond donors (Lipinski definition) is 2. The zero-order chi connectivity index (χ0) is 22.7. The van der Waals surface area contributed by atoms with E-state index in [1.54, 1.807) is 48.4 Å². The second-order valence-electron chi connectivity index (χ2n) is 7.34. The van der Waals surface area contributed by atoms with Crippen molar-refractivity contribution in [2.24, 2.45) is 7.05 Å². The third kappa shape index (κ3) is 4.87. The fourth-order valence-electron chi connectivity index (χ4n) is 3.11. The molecule has 0 atom stereocenters. The Kier molecular flexibility index (Phi) is 6.04. The zero-order valence-corrected chi connectivity index (χ0v) is 18.3. The van der Waals surface area contributed by atoms with E-state index in [2.05, 4.69) is 20.8 Å². The number of aryl methyl sites for hydroxylation is 2. The molecule has 0 aliphatic carbocycles. The smallest absolute Gasteiger partial charge is 0.276 e. The number of benzene rings is 2. The lowest BCUT2D eigenvalue weighted by atomic mass is 10.1. The van der Waals surface area contributed by atoms with Gasteiger partial charge in [0.25, 0.3) is 11.8 Å². The highest BCUT2D eigenvalue weighted by Gasteiger charge is 2.17. The van der Waals surface area contributed by atoms with E-state index in [-0.39, 0.29) is 11.6 Å². The molecule has 0 unspecified atom stereocenters. The standard InChI is InChI=1S/C23H21ClN6O2/c1-15-7-9-16(10-8-15)13-30-14-17(12-25-30)26-23(32)20-11-21(29(2)28-20)27-22(31)18-5-3-4-6-19(18)24/h3-12,14H,13H2,1-2H3,(H,26,32)(H,27,31). The summed E-state index contributed by atoms with van der Waals surface area (Å²) in [6.45, 7) is 2.63. The Balaban J connectivity index is 1.41. The summed E-state index contributed by atoms with van der Waals surface area (Å²) in [5.41, 5.74) is 3.35. The molecule has 9 heteroatoms.